The van der Waals surface area contributed by atoms with Gasteiger partial charge >= 0.3 is 5.97 Å². The molecule has 0 radical (unpaired) electrons. The number of nitrogens with zero attached hydrogens (tertiary/aromatic N) is 1. The van der Waals surface area contributed by atoms with Crippen LogP contribution in [0, 0.1) is 0 Å². The Morgan fingerprint density at radius 2 is 1.89 bits per heavy atom. The molecule has 1 aromatic heterocycles. The first-order valence-electron chi connectivity index (χ1n) is 11.3. The number of carbonyl (C=O) groups excluding carboxylic acids is 1. The smallest absolute Gasteiger partial charge is 0.333 e. The summed E-state index contributed by atoms with van der Waals surface area (Å²) in [5.41, 5.74) is 2.81. The molecule has 2 N–H and O–H groups in total. The Labute approximate surface area is 214 Å². The highest BCUT2D eigenvalue weighted by atomic mass is 35.5. The lowest BCUT2D eigenvalue weighted by Gasteiger charge is -2.18. The number of nitrogens with one attached hydrogen (secondary N) is 1. The minimum absolute atomic E-state index is 0.203. The van der Waals surface area contributed by atoms with Crippen LogP contribution in [0.5, 0.6) is 5.75 Å². The zero-order valence-electron chi connectivity index (χ0n) is 20.1. The molecule has 1 amide bonds. The number of rotatable bonds is 11. The number of benzene rings is 2. The summed E-state index contributed by atoms with van der Waals surface area (Å²) in [4.78, 5) is 30.1. The van der Waals surface area contributed by atoms with Gasteiger partial charge in [-0.25, -0.2) is 9.78 Å². The van der Waals surface area contributed by atoms with Crippen molar-refractivity contribution in [3.63, 3.8) is 0 Å². The van der Waals surface area contributed by atoms with Gasteiger partial charge < -0.3 is 19.9 Å². The summed E-state index contributed by atoms with van der Waals surface area (Å²) in [6.45, 7) is 5.79. The molecule has 0 aliphatic rings. The lowest BCUT2D eigenvalue weighted by molar-refractivity contribution is -0.153. The van der Waals surface area contributed by atoms with E-state index in [1.807, 2.05) is 25.1 Å². The third-order valence-corrected chi connectivity index (χ3v) is 6.74. The van der Waals surface area contributed by atoms with Crippen LogP contribution < -0.4 is 10.1 Å². The summed E-state index contributed by atoms with van der Waals surface area (Å²) < 4.78 is 11.0. The summed E-state index contributed by atoms with van der Waals surface area (Å²) in [5.74, 6) is -0.699. The molecule has 9 heteroatoms. The number of ether oxygens (including phenoxy) is 2. The highest BCUT2D eigenvalue weighted by Gasteiger charge is 2.22. The standard InChI is InChI=1S/C26H29ClN2O5S/c1-5-22-23(29-25(35-22)17-7-9-19(27)10-8-17)24(30)28-14-18-12-16(6-11-20(18)33-4)13-21(26(31)32)34-15(2)3/h6-12,15,21H,5,13-14H2,1-4H3,(H,28,30)(H,31,32). The Morgan fingerprint density at radius 3 is 2.49 bits per heavy atom. The average Bonchev–Trinajstić information content (AvgIpc) is 3.27. The molecule has 0 bridgehead atoms. The second-order valence-electron chi connectivity index (χ2n) is 8.20. The number of methoxy groups -OCH3 is 1. The van der Waals surface area contributed by atoms with E-state index in [0.717, 1.165) is 26.6 Å². The molecule has 35 heavy (non-hydrogen) atoms. The Balaban J connectivity index is 1.77. The lowest BCUT2D eigenvalue weighted by Crippen LogP contribution is -2.29. The van der Waals surface area contributed by atoms with Gasteiger partial charge in [-0.3, -0.25) is 4.79 Å². The first kappa shape index (κ1) is 26.7. The van der Waals surface area contributed by atoms with E-state index in [9.17, 15) is 14.7 Å². The summed E-state index contributed by atoms with van der Waals surface area (Å²) in [6, 6.07) is 12.8. The molecule has 1 unspecified atom stereocenters. The number of carbonyl (C=O) groups is 2. The molecule has 0 saturated heterocycles. The number of aliphatic carboxylic acids is 1. The van der Waals surface area contributed by atoms with Crippen molar-refractivity contribution in [2.24, 2.45) is 0 Å². The van der Waals surface area contributed by atoms with Crippen LogP contribution in [0.15, 0.2) is 42.5 Å². The van der Waals surface area contributed by atoms with Crippen LogP contribution in [0.1, 0.15) is 47.3 Å². The van der Waals surface area contributed by atoms with Crippen molar-refractivity contribution in [2.45, 2.75) is 52.4 Å². The maximum absolute atomic E-state index is 13.0. The van der Waals surface area contributed by atoms with Gasteiger partial charge in [0, 0.05) is 34.0 Å². The maximum Gasteiger partial charge on any atom is 0.333 e. The number of amides is 1. The Hall–Kier alpha value is -2.94. The largest absolute Gasteiger partial charge is 0.496 e. The number of carboxylic acids is 1. The number of thiazole rings is 1. The molecule has 3 rings (SSSR count). The van der Waals surface area contributed by atoms with Gasteiger partial charge in [-0.1, -0.05) is 42.8 Å². The van der Waals surface area contributed by atoms with Crippen molar-refractivity contribution in [3.05, 3.63) is 69.2 Å². The topological polar surface area (TPSA) is 97.8 Å². The molecule has 0 fully saturated rings. The van der Waals surface area contributed by atoms with E-state index in [1.165, 1.54) is 11.3 Å². The van der Waals surface area contributed by atoms with E-state index in [4.69, 9.17) is 21.1 Å². The zero-order chi connectivity index (χ0) is 25.5. The summed E-state index contributed by atoms with van der Waals surface area (Å²) in [6.07, 6.45) is -0.287. The second kappa shape index (κ2) is 12.2. The average molecular weight is 517 g/mol. The van der Waals surface area contributed by atoms with Crippen molar-refractivity contribution in [3.8, 4) is 16.3 Å². The fraction of sp³-hybridized carbons (Fsp3) is 0.346. The summed E-state index contributed by atoms with van der Waals surface area (Å²) in [5, 5.41) is 13.8. The van der Waals surface area contributed by atoms with Crippen LogP contribution in [0.2, 0.25) is 5.02 Å². The highest BCUT2D eigenvalue weighted by molar-refractivity contribution is 7.15. The van der Waals surface area contributed by atoms with Crippen molar-refractivity contribution in [1.82, 2.24) is 10.3 Å². The third kappa shape index (κ3) is 7.04. The van der Waals surface area contributed by atoms with Crippen molar-refractivity contribution in [1.29, 1.82) is 0 Å². The van der Waals surface area contributed by atoms with E-state index < -0.39 is 12.1 Å². The molecule has 0 aliphatic carbocycles. The monoisotopic (exact) mass is 516 g/mol. The van der Waals surface area contributed by atoms with Crippen LogP contribution in [0.25, 0.3) is 10.6 Å². The molecule has 0 aliphatic heterocycles. The summed E-state index contributed by atoms with van der Waals surface area (Å²) >= 11 is 7.47. The third-order valence-electron chi connectivity index (χ3n) is 5.24. The molecule has 7 nitrogen and oxygen atoms in total. The molecule has 186 valence electrons. The van der Waals surface area contributed by atoms with Crippen LogP contribution in [-0.4, -0.2) is 41.3 Å². The molecule has 2 aromatic carbocycles. The van der Waals surface area contributed by atoms with Gasteiger partial charge in [0.25, 0.3) is 5.91 Å². The van der Waals surface area contributed by atoms with Crippen LogP contribution in [0.4, 0.5) is 0 Å². The Kier molecular flexibility index (Phi) is 9.26. The lowest BCUT2D eigenvalue weighted by atomic mass is 10.0. The van der Waals surface area contributed by atoms with Crippen molar-refractivity contribution in [2.75, 3.05) is 7.11 Å². The highest BCUT2D eigenvalue weighted by Crippen LogP contribution is 2.30. The van der Waals surface area contributed by atoms with Crippen LogP contribution in [0.3, 0.4) is 0 Å². The number of halogens is 1. The first-order chi connectivity index (χ1) is 16.7. The number of aryl methyl sites for hydroxylation is 1. The van der Waals surface area contributed by atoms with Crippen molar-refractivity contribution >= 4 is 34.8 Å². The maximum atomic E-state index is 13.0. The van der Waals surface area contributed by atoms with E-state index in [1.54, 1.807) is 45.2 Å². The van der Waals surface area contributed by atoms with Gasteiger partial charge in [-0.15, -0.1) is 11.3 Å². The van der Waals surface area contributed by atoms with Crippen LogP contribution in [-0.2, 0) is 28.9 Å². The normalized spacial score (nSPS) is 11.9. The number of carboxylic acid groups (broad SMARTS) is 1. The second-order valence-corrected chi connectivity index (χ2v) is 9.72. The molecule has 3 aromatic rings. The molecule has 1 heterocycles. The molecule has 1 atom stereocenters. The van der Waals surface area contributed by atoms with E-state index >= 15 is 0 Å². The van der Waals surface area contributed by atoms with Gasteiger partial charge in [0.05, 0.1) is 13.2 Å². The Morgan fingerprint density at radius 1 is 1.17 bits per heavy atom. The molecular weight excluding hydrogens is 488 g/mol. The van der Waals surface area contributed by atoms with Gasteiger partial charge in [0.1, 0.15) is 16.5 Å². The molecule has 0 spiro atoms. The quantitative estimate of drug-likeness (QED) is 0.355. The predicted molar refractivity (Wildman–Crippen MR) is 137 cm³/mol. The summed E-state index contributed by atoms with van der Waals surface area (Å²) in [7, 11) is 1.55. The van der Waals surface area contributed by atoms with Crippen LogP contribution >= 0.6 is 22.9 Å². The van der Waals surface area contributed by atoms with E-state index in [0.29, 0.717) is 22.9 Å². The van der Waals surface area contributed by atoms with Crippen molar-refractivity contribution < 1.29 is 24.2 Å². The fourth-order valence-corrected chi connectivity index (χ4v) is 4.71. The first-order valence-corrected chi connectivity index (χ1v) is 12.5. The minimum atomic E-state index is -1.02. The number of hydrogen-bond acceptors (Lipinski definition) is 6. The predicted octanol–water partition coefficient (Wildman–Crippen LogP) is 5.39. The zero-order valence-corrected chi connectivity index (χ0v) is 21.7. The Bertz CT molecular complexity index is 1180. The van der Waals surface area contributed by atoms with E-state index in [2.05, 4.69) is 10.3 Å². The van der Waals surface area contributed by atoms with Gasteiger partial charge in [-0.2, -0.15) is 0 Å². The molecular formula is C26H29ClN2O5S. The fourth-order valence-electron chi connectivity index (χ4n) is 3.58. The number of hydrogen-bond donors (Lipinski definition) is 2. The van der Waals surface area contributed by atoms with Gasteiger partial charge in [0.15, 0.2) is 6.10 Å². The van der Waals surface area contributed by atoms with Gasteiger partial charge in [-0.05, 0) is 44.0 Å². The van der Waals surface area contributed by atoms with Gasteiger partial charge in [0.2, 0.25) is 0 Å². The molecule has 0 saturated carbocycles. The minimum Gasteiger partial charge on any atom is -0.496 e. The SMILES string of the molecule is CCc1sc(-c2ccc(Cl)cc2)nc1C(=O)NCc1cc(CC(OC(C)C)C(=O)O)ccc1OC. The number of aromatic nitrogens is 1. The van der Waals surface area contributed by atoms with E-state index in [-0.39, 0.29) is 25.0 Å².